The number of carbonyl (C=O) groups excluding carboxylic acids is 1. The van der Waals surface area contributed by atoms with Crippen LogP contribution in [0.5, 0.6) is 0 Å². The number of fused-ring (bicyclic) bond motifs is 3. The third-order valence-electron chi connectivity index (χ3n) is 5.41. The van der Waals surface area contributed by atoms with Crippen molar-refractivity contribution < 1.29 is 4.79 Å². The summed E-state index contributed by atoms with van der Waals surface area (Å²) in [5, 5.41) is 3.12. The maximum Gasteiger partial charge on any atom is 0.230 e. The molecule has 0 spiro atoms. The Morgan fingerprint density at radius 3 is 2.91 bits per heavy atom. The number of amides is 1. The molecule has 1 heterocycles. The first-order valence-electron chi connectivity index (χ1n) is 8.52. The van der Waals surface area contributed by atoms with E-state index in [-0.39, 0.29) is 11.8 Å². The number of nitrogens with one attached hydrogen (secondary N) is 1. The lowest BCUT2D eigenvalue weighted by Gasteiger charge is -2.20. The fraction of sp³-hybridized carbons (Fsp3) is 0.556. The molecule has 3 atom stereocenters. The zero-order valence-corrected chi connectivity index (χ0v) is 13.1. The van der Waals surface area contributed by atoms with Crippen LogP contribution in [0.15, 0.2) is 24.3 Å². The van der Waals surface area contributed by atoms with E-state index in [1.807, 2.05) is 18.2 Å². The van der Waals surface area contributed by atoms with E-state index < -0.39 is 0 Å². The molecular weight excluding hydrogens is 274 g/mol. The lowest BCUT2D eigenvalue weighted by Crippen LogP contribution is -2.28. The molecule has 0 aliphatic heterocycles. The number of imidazole rings is 1. The summed E-state index contributed by atoms with van der Waals surface area (Å²) in [6.07, 6.45) is 5.91. The van der Waals surface area contributed by atoms with Crippen LogP contribution >= 0.6 is 0 Å². The quantitative estimate of drug-likeness (QED) is 0.932. The van der Waals surface area contributed by atoms with Gasteiger partial charge in [-0.3, -0.25) is 10.1 Å². The molecule has 22 heavy (non-hydrogen) atoms. The van der Waals surface area contributed by atoms with Gasteiger partial charge in [-0.15, -0.1) is 0 Å². The summed E-state index contributed by atoms with van der Waals surface area (Å²) in [6.45, 7) is 3.03. The normalized spacial score (nSPS) is 26.7. The van der Waals surface area contributed by atoms with E-state index in [0.29, 0.717) is 5.92 Å². The summed E-state index contributed by atoms with van der Waals surface area (Å²) in [5.41, 5.74) is 2.06. The number of anilines is 1. The molecule has 116 valence electrons. The Hall–Kier alpha value is -1.84. The van der Waals surface area contributed by atoms with Crippen LogP contribution in [0, 0.1) is 17.8 Å². The van der Waals surface area contributed by atoms with Gasteiger partial charge in [0.1, 0.15) is 0 Å². The molecule has 4 nitrogen and oxygen atoms in total. The minimum atomic E-state index is 0.180. The summed E-state index contributed by atoms with van der Waals surface area (Å²) >= 11 is 0. The number of hydrogen-bond donors (Lipinski definition) is 1. The highest BCUT2D eigenvalue weighted by atomic mass is 16.2. The summed E-state index contributed by atoms with van der Waals surface area (Å²) in [6, 6.07) is 8.10. The van der Waals surface area contributed by atoms with Crippen LogP contribution in [0.25, 0.3) is 11.0 Å². The fourth-order valence-corrected chi connectivity index (χ4v) is 4.39. The van der Waals surface area contributed by atoms with E-state index in [2.05, 4.69) is 27.9 Å². The van der Waals surface area contributed by atoms with E-state index in [1.54, 1.807) is 0 Å². The third kappa shape index (κ3) is 2.21. The Morgan fingerprint density at radius 1 is 1.32 bits per heavy atom. The number of aryl methyl sites for hydroxylation is 1. The molecule has 4 heteroatoms. The van der Waals surface area contributed by atoms with Gasteiger partial charge in [0, 0.05) is 12.5 Å². The topological polar surface area (TPSA) is 46.9 Å². The molecule has 2 saturated carbocycles. The minimum Gasteiger partial charge on any atom is -0.310 e. The number of carbonyl (C=O) groups is 1. The van der Waals surface area contributed by atoms with Crippen LogP contribution in [0.1, 0.15) is 39.0 Å². The lowest BCUT2D eigenvalue weighted by molar-refractivity contribution is -0.121. The van der Waals surface area contributed by atoms with Crippen molar-refractivity contribution >= 4 is 22.9 Å². The van der Waals surface area contributed by atoms with Crippen LogP contribution in [-0.4, -0.2) is 15.5 Å². The number of hydrogen-bond acceptors (Lipinski definition) is 2. The number of nitrogens with zero attached hydrogens (tertiary/aromatic N) is 2. The molecule has 2 aliphatic carbocycles. The molecule has 0 saturated heterocycles. The van der Waals surface area contributed by atoms with Gasteiger partial charge in [0.15, 0.2) is 0 Å². The van der Waals surface area contributed by atoms with Crippen molar-refractivity contribution in [1.82, 2.24) is 9.55 Å². The molecule has 2 aliphatic rings. The fourth-order valence-electron chi connectivity index (χ4n) is 4.39. The molecule has 0 radical (unpaired) electrons. The third-order valence-corrected chi connectivity index (χ3v) is 5.41. The van der Waals surface area contributed by atoms with E-state index in [4.69, 9.17) is 0 Å². The summed E-state index contributed by atoms with van der Waals surface area (Å²) < 4.78 is 2.14. The Balaban J connectivity index is 1.60. The number of benzene rings is 1. The SMILES string of the molecule is CCCn1c(NC(=O)[C@@H]2C[C@H]3CC[C@@H]2C3)nc2ccccc21. The molecule has 2 bridgehead atoms. The predicted octanol–water partition coefficient (Wildman–Crippen LogP) is 3.82. The molecule has 1 aromatic carbocycles. The van der Waals surface area contributed by atoms with Gasteiger partial charge >= 0.3 is 0 Å². The van der Waals surface area contributed by atoms with Gasteiger partial charge in [0.25, 0.3) is 0 Å². The van der Waals surface area contributed by atoms with Crippen LogP contribution in [0.4, 0.5) is 5.95 Å². The molecule has 2 fully saturated rings. The standard InChI is InChI=1S/C18H23N3O/c1-2-9-21-16-6-4-3-5-15(16)19-18(21)20-17(22)14-11-12-7-8-13(14)10-12/h3-6,12-14H,2,7-11H2,1H3,(H,19,20,22)/t12-,13+,14+/m0/s1. The largest absolute Gasteiger partial charge is 0.310 e. The van der Waals surface area contributed by atoms with Crippen molar-refractivity contribution in [3.05, 3.63) is 24.3 Å². The van der Waals surface area contributed by atoms with Crippen molar-refractivity contribution in [2.75, 3.05) is 5.32 Å². The number of para-hydroxylation sites is 2. The van der Waals surface area contributed by atoms with Gasteiger partial charge in [-0.2, -0.15) is 0 Å². The van der Waals surface area contributed by atoms with Crippen molar-refractivity contribution in [2.24, 2.45) is 17.8 Å². The Kier molecular flexibility index (Phi) is 3.40. The second-order valence-electron chi connectivity index (χ2n) is 6.85. The Morgan fingerprint density at radius 2 is 2.18 bits per heavy atom. The number of rotatable bonds is 4. The highest BCUT2D eigenvalue weighted by Crippen LogP contribution is 2.48. The average Bonchev–Trinajstić information content (AvgIpc) is 3.22. The van der Waals surface area contributed by atoms with Crippen LogP contribution in [0.3, 0.4) is 0 Å². The maximum absolute atomic E-state index is 12.7. The molecule has 1 aromatic heterocycles. The lowest BCUT2D eigenvalue weighted by atomic mass is 9.88. The zero-order valence-electron chi connectivity index (χ0n) is 13.1. The van der Waals surface area contributed by atoms with Crippen LogP contribution < -0.4 is 5.32 Å². The predicted molar refractivity (Wildman–Crippen MR) is 87.6 cm³/mol. The van der Waals surface area contributed by atoms with Gasteiger partial charge in [0.2, 0.25) is 11.9 Å². The highest BCUT2D eigenvalue weighted by molar-refractivity contribution is 5.93. The molecule has 4 rings (SSSR count). The second-order valence-corrected chi connectivity index (χ2v) is 6.85. The van der Waals surface area contributed by atoms with Crippen molar-refractivity contribution in [1.29, 1.82) is 0 Å². The van der Waals surface area contributed by atoms with Gasteiger partial charge < -0.3 is 4.57 Å². The van der Waals surface area contributed by atoms with E-state index in [9.17, 15) is 4.79 Å². The number of aromatic nitrogens is 2. The first kappa shape index (κ1) is 13.8. The molecule has 1 N–H and O–H groups in total. The van der Waals surface area contributed by atoms with E-state index >= 15 is 0 Å². The molecule has 0 unspecified atom stereocenters. The van der Waals surface area contributed by atoms with Gasteiger partial charge in [-0.25, -0.2) is 4.98 Å². The average molecular weight is 297 g/mol. The monoisotopic (exact) mass is 297 g/mol. The van der Waals surface area contributed by atoms with Crippen LogP contribution in [0.2, 0.25) is 0 Å². The van der Waals surface area contributed by atoms with Crippen molar-refractivity contribution in [2.45, 2.75) is 45.6 Å². The van der Waals surface area contributed by atoms with Gasteiger partial charge in [0.05, 0.1) is 11.0 Å². The summed E-state index contributed by atoms with van der Waals surface area (Å²) in [5.74, 6) is 2.49. The Labute approximate surface area is 130 Å². The van der Waals surface area contributed by atoms with Gasteiger partial charge in [-0.05, 0) is 49.7 Å². The minimum absolute atomic E-state index is 0.180. The molecule has 2 aromatic rings. The first-order valence-corrected chi connectivity index (χ1v) is 8.52. The van der Waals surface area contributed by atoms with Crippen molar-refractivity contribution in [3.63, 3.8) is 0 Å². The maximum atomic E-state index is 12.7. The smallest absolute Gasteiger partial charge is 0.230 e. The first-order chi connectivity index (χ1) is 10.8. The van der Waals surface area contributed by atoms with Crippen molar-refractivity contribution in [3.8, 4) is 0 Å². The van der Waals surface area contributed by atoms with Gasteiger partial charge in [-0.1, -0.05) is 25.5 Å². The van der Waals surface area contributed by atoms with E-state index in [0.717, 1.165) is 42.3 Å². The Bertz CT molecular complexity index is 705. The molecular formula is C18H23N3O. The second kappa shape index (κ2) is 5.41. The summed E-state index contributed by atoms with van der Waals surface area (Å²) in [7, 11) is 0. The molecule has 1 amide bonds. The van der Waals surface area contributed by atoms with Crippen LogP contribution in [-0.2, 0) is 11.3 Å². The summed E-state index contributed by atoms with van der Waals surface area (Å²) in [4.78, 5) is 17.3. The van der Waals surface area contributed by atoms with E-state index in [1.165, 1.54) is 19.3 Å². The zero-order chi connectivity index (χ0) is 15.1. The highest BCUT2D eigenvalue weighted by Gasteiger charge is 2.43.